The third kappa shape index (κ3) is 2.82. The summed E-state index contributed by atoms with van der Waals surface area (Å²) in [5, 5.41) is 4.40. The molecule has 4 rings (SSSR count). The van der Waals surface area contributed by atoms with Crippen molar-refractivity contribution in [1.29, 1.82) is 0 Å². The first kappa shape index (κ1) is 14.7. The number of fused-ring (bicyclic) bond motifs is 1. The van der Waals surface area contributed by atoms with Gasteiger partial charge in [-0.15, -0.1) is 0 Å². The maximum atomic E-state index is 12.8. The molecule has 2 aromatic heterocycles. The number of amides is 1. The molecule has 0 saturated carbocycles. The third-order valence-corrected chi connectivity index (χ3v) is 4.54. The summed E-state index contributed by atoms with van der Waals surface area (Å²) in [6.07, 6.45) is 6.97. The van der Waals surface area contributed by atoms with E-state index in [1.165, 1.54) is 0 Å². The molecule has 1 aromatic carbocycles. The molecule has 0 atom stereocenters. The standard InChI is InChI=1S/C18H19N5O/c24-18(15-2-1-3-16-14(15)4-9-20-16)23-10-6-13(7-11-23)22-17-5-8-19-12-21-17/h1-5,8-9,12-13,20H,6-7,10-11H2,(H,19,21,22). The summed E-state index contributed by atoms with van der Waals surface area (Å²) in [5.41, 5.74) is 1.78. The van der Waals surface area contributed by atoms with Gasteiger partial charge in [-0.2, -0.15) is 0 Å². The van der Waals surface area contributed by atoms with Crippen LogP contribution in [0.15, 0.2) is 49.1 Å². The van der Waals surface area contributed by atoms with Crippen LogP contribution in [-0.4, -0.2) is 44.9 Å². The predicted octanol–water partition coefficient (Wildman–Crippen LogP) is 2.67. The Morgan fingerprint density at radius 1 is 1.21 bits per heavy atom. The number of carbonyl (C=O) groups excluding carboxylic acids is 1. The van der Waals surface area contributed by atoms with Crippen molar-refractivity contribution in [3.8, 4) is 0 Å². The fourth-order valence-electron chi connectivity index (χ4n) is 3.25. The fraction of sp³-hybridized carbons (Fsp3) is 0.278. The molecule has 2 N–H and O–H groups in total. The van der Waals surface area contributed by atoms with Crippen LogP contribution in [-0.2, 0) is 0 Å². The highest BCUT2D eigenvalue weighted by Crippen LogP contribution is 2.22. The van der Waals surface area contributed by atoms with E-state index in [4.69, 9.17) is 0 Å². The minimum Gasteiger partial charge on any atom is -0.367 e. The maximum Gasteiger partial charge on any atom is 0.254 e. The second kappa shape index (κ2) is 6.31. The van der Waals surface area contributed by atoms with E-state index in [9.17, 15) is 4.79 Å². The Morgan fingerprint density at radius 3 is 2.88 bits per heavy atom. The fourth-order valence-corrected chi connectivity index (χ4v) is 3.25. The summed E-state index contributed by atoms with van der Waals surface area (Å²) in [7, 11) is 0. The van der Waals surface area contributed by atoms with Crippen LogP contribution >= 0.6 is 0 Å². The molecule has 122 valence electrons. The van der Waals surface area contributed by atoms with Gasteiger partial charge in [0.2, 0.25) is 0 Å². The maximum absolute atomic E-state index is 12.8. The first-order chi connectivity index (χ1) is 11.8. The molecule has 1 aliphatic heterocycles. The molecule has 3 heterocycles. The normalized spacial score (nSPS) is 15.6. The van der Waals surface area contributed by atoms with Crippen molar-refractivity contribution < 1.29 is 4.79 Å². The molecule has 6 heteroatoms. The number of carbonyl (C=O) groups is 1. The predicted molar refractivity (Wildman–Crippen MR) is 92.9 cm³/mol. The molecular weight excluding hydrogens is 302 g/mol. The summed E-state index contributed by atoms with van der Waals surface area (Å²) in [6.45, 7) is 1.50. The van der Waals surface area contributed by atoms with Gasteiger partial charge in [-0.3, -0.25) is 4.79 Å². The van der Waals surface area contributed by atoms with E-state index in [-0.39, 0.29) is 5.91 Å². The first-order valence-electron chi connectivity index (χ1n) is 8.19. The molecule has 6 nitrogen and oxygen atoms in total. The van der Waals surface area contributed by atoms with E-state index in [0.29, 0.717) is 6.04 Å². The Bertz CT molecular complexity index is 837. The van der Waals surface area contributed by atoms with Crippen molar-refractivity contribution in [3.63, 3.8) is 0 Å². The number of anilines is 1. The largest absolute Gasteiger partial charge is 0.367 e. The number of hydrogen-bond acceptors (Lipinski definition) is 4. The van der Waals surface area contributed by atoms with Crippen LogP contribution in [0.5, 0.6) is 0 Å². The summed E-state index contributed by atoms with van der Waals surface area (Å²) in [5.74, 6) is 0.951. The number of nitrogens with zero attached hydrogens (tertiary/aromatic N) is 3. The lowest BCUT2D eigenvalue weighted by Gasteiger charge is -2.32. The van der Waals surface area contributed by atoms with Gasteiger partial charge < -0.3 is 15.2 Å². The number of H-pyrrole nitrogens is 1. The monoisotopic (exact) mass is 321 g/mol. The number of rotatable bonds is 3. The van der Waals surface area contributed by atoms with Crippen LogP contribution in [0, 0.1) is 0 Å². The van der Waals surface area contributed by atoms with Gasteiger partial charge in [-0.25, -0.2) is 9.97 Å². The van der Waals surface area contributed by atoms with E-state index in [1.807, 2.05) is 41.4 Å². The number of aromatic amines is 1. The summed E-state index contributed by atoms with van der Waals surface area (Å²) in [6, 6.07) is 9.99. The van der Waals surface area contributed by atoms with Crippen molar-refractivity contribution in [2.75, 3.05) is 18.4 Å². The van der Waals surface area contributed by atoms with Gasteiger partial charge in [0.1, 0.15) is 12.1 Å². The van der Waals surface area contributed by atoms with E-state index in [1.54, 1.807) is 12.5 Å². The highest BCUT2D eigenvalue weighted by Gasteiger charge is 2.24. The highest BCUT2D eigenvalue weighted by atomic mass is 16.2. The number of piperidine rings is 1. The molecular formula is C18H19N5O. The minimum absolute atomic E-state index is 0.112. The average Bonchev–Trinajstić information content (AvgIpc) is 3.11. The van der Waals surface area contributed by atoms with Crippen LogP contribution in [0.3, 0.4) is 0 Å². The van der Waals surface area contributed by atoms with Gasteiger partial charge in [0.05, 0.1) is 0 Å². The van der Waals surface area contributed by atoms with Crippen molar-refractivity contribution in [2.45, 2.75) is 18.9 Å². The summed E-state index contributed by atoms with van der Waals surface area (Å²) < 4.78 is 0. The molecule has 1 amide bonds. The van der Waals surface area contributed by atoms with Gasteiger partial charge in [0, 0.05) is 48.0 Å². The molecule has 24 heavy (non-hydrogen) atoms. The third-order valence-electron chi connectivity index (χ3n) is 4.54. The van der Waals surface area contributed by atoms with Crippen LogP contribution in [0.25, 0.3) is 10.9 Å². The quantitative estimate of drug-likeness (QED) is 0.778. The smallest absolute Gasteiger partial charge is 0.254 e. The van der Waals surface area contributed by atoms with Crippen molar-refractivity contribution in [3.05, 3.63) is 54.6 Å². The van der Waals surface area contributed by atoms with Gasteiger partial charge in [-0.1, -0.05) is 6.07 Å². The minimum atomic E-state index is 0.112. The second-order valence-electron chi connectivity index (χ2n) is 6.05. The number of benzene rings is 1. The molecule has 1 fully saturated rings. The average molecular weight is 321 g/mol. The Balaban J connectivity index is 1.42. The van der Waals surface area contributed by atoms with Crippen LogP contribution in [0.4, 0.5) is 5.82 Å². The van der Waals surface area contributed by atoms with Crippen molar-refractivity contribution in [1.82, 2.24) is 19.9 Å². The van der Waals surface area contributed by atoms with Crippen LogP contribution in [0.1, 0.15) is 23.2 Å². The topological polar surface area (TPSA) is 73.9 Å². The SMILES string of the molecule is O=C(c1cccc2[nH]ccc12)N1CCC(Nc2ccncn2)CC1. The Hall–Kier alpha value is -2.89. The lowest BCUT2D eigenvalue weighted by atomic mass is 10.0. The second-order valence-corrected chi connectivity index (χ2v) is 6.05. The van der Waals surface area contributed by atoms with Gasteiger partial charge in [0.15, 0.2) is 0 Å². The van der Waals surface area contributed by atoms with E-state index in [0.717, 1.165) is 48.2 Å². The number of likely N-dealkylation sites (tertiary alicyclic amines) is 1. The molecule has 0 aliphatic carbocycles. The number of aromatic nitrogens is 3. The zero-order valence-corrected chi connectivity index (χ0v) is 13.3. The van der Waals surface area contributed by atoms with Crippen molar-refractivity contribution >= 4 is 22.6 Å². The lowest BCUT2D eigenvalue weighted by Crippen LogP contribution is -2.42. The Kier molecular flexibility index (Phi) is 3.86. The van der Waals surface area contributed by atoms with Gasteiger partial charge in [-0.05, 0) is 37.1 Å². The molecule has 0 unspecified atom stereocenters. The molecule has 3 aromatic rings. The number of hydrogen-bond donors (Lipinski definition) is 2. The van der Waals surface area contributed by atoms with Crippen LogP contribution < -0.4 is 5.32 Å². The number of nitrogens with one attached hydrogen (secondary N) is 2. The zero-order chi connectivity index (χ0) is 16.4. The molecule has 1 aliphatic rings. The molecule has 0 bridgehead atoms. The molecule has 1 saturated heterocycles. The van der Waals surface area contributed by atoms with E-state index in [2.05, 4.69) is 20.3 Å². The Labute approximate surface area is 139 Å². The van der Waals surface area contributed by atoms with Gasteiger partial charge >= 0.3 is 0 Å². The molecule has 0 spiro atoms. The summed E-state index contributed by atoms with van der Waals surface area (Å²) in [4.78, 5) is 26.1. The van der Waals surface area contributed by atoms with Gasteiger partial charge in [0.25, 0.3) is 5.91 Å². The molecule has 0 radical (unpaired) electrons. The van der Waals surface area contributed by atoms with Crippen LogP contribution in [0.2, 0.25) is 0 Å². The lowest BCUT2D eigenvalue weighted by molar-refractivity contribution is 0.0720. The first-order valence-corrected chi connectivity index (χ1v) is 8.19. The zero-order valence-electron chi connectivity index (χ0n) is 13.3. The highest BCUT2D eigenvalue weighted by molar-refractivity contribution is 6.06. The van der Waals surface area contributed by atoms with E-state index < -0.39 is 0 Å². The summed E-state index contributed by atoms with van der Waals surface area (Å²) >= 11 is 0. The van der Waals surface area contributed by atoms with E-state index >= 15 is 0 Å². The van der Waals surface area contributed by atoms with Crippen molar-refractivity contribution in [2.24, 2.45) is 0 Å². The Morgan fingerprint density at radius 2 is 2.08 bits per heavy atom.